The Bertz CT molecular complexity index is 366. The van der Waals surface area contributed by atoms with Crippen LogP contribution in [0.5, 0.6) is 0 Å². The molecule has 0 saturated heterocycles. The number of nitrogens with zero attached hydrogens (tertiary/aromatic N) is 2. The summed E-state index contributed by atoms with van der Waals surface area (Å²) in [6, 6.07) is -0.132. The first-order valence-electron chi connectivity index (χ1n) is 5.17. The average Bonchev–Trinajstić information content (AvgIpc) is 2.58. The molecule has 1 N–H and O–H groups in total. The van der Waals surface area contributed by atoms with E-state index in [9.17, 15) is 4.79 Å². The van der Waals surface area contributed by atoms with Gasteiger partial charge in [0.25, 0.3) is 0 Å². The summed E-state index contributed by atoms with van der Waals surface area (Å²) < 4.78 is 6.53. The van der Waals surface area contributed by atoms with E-state index in [2.05, 4.69) is 35.8 Å². The van der Waals surface area contributed by atoms with Crippen LogP contribution in [0.15, 0.2) is 12.5 Å². The van der Waals surface area contributed by atoms with Gasteiger partial charge in [-0.15, -0.1) is 0 Å². The van der Waals surface area contributed by atoms with Crippen molar-refractivity contribution in [3.05, 3.63) is 18.2 Å². The highest BCUT2D eigenvalue weighted by atomic mass is 16.5. The number of ether oxygens (including phenoxy) is 1. The van der Waals surface area contributed by atoms with Crippen LogP contribution in [0.25, 0.3) is 0 Å². The minimum atomic E-state index is -0.430. The summed E-state index contributed by atoms with van der Waals surface area (Å²) in [5, 5.41) is 2.83. The molecule has 0 aliphatic carbocycles. The number of aromatic nitrogens is 2. The van der Waals surface area contributed by atoms with Gasteiger partial charge < -0.3 is 14.6 Å². The van der Waals surface area contributed by atoms with Crippen molar-refractivity contribution in [3.63, 3.8) is 0 Å². The second-order valence-corrected chi connectivity index (χ2v) is 4.86. The topological polar surface area (TPSA) is 56.1 Å². The van der Waals surface area contributed by atoms with Gasteiger partial charge in [0.2, 0.25) is 0 Å². The Morgan fingerprint density at radius 3 is 2.56 bits per heavy atom. The molecule has 5 heteroatoms. The number of hydrogen-bond donors (Lipinski definition) is 1. The second-order valence-electron chi connectivity index (χ2n) is 4.86. The summed E-state index contributed by atoms with van der Waals surface area (Å²) >= 11 is 0. The summed E-state index contributed by atoms with van der Waals surface area (Å²) in [7, 11) is 3.26. The van der Waals surface area contributed by atoms with Crippen LogP contribution in [-0.2, 0) is 11.8 Å². The fourth-order valence-corrected chi connectivity index (χ4v) is 1.56. The van der Waals surface area contributed by atoms with Gasteiger partial charge in [-0.2, -0.15) is 0 Å². The summed E-state index contributed by atoms with van der Waals surface area (Å²) in [5.41, 5.74) is 0.847. The summed E-state index contributed by atoms with van der Waals surface area (Å²) in [4.78, 5) is 15.4. The van der Waals surface area contributed by atoms with Crippen LogP contribution in [0.1, 0.15) is 32.5 Å². The third kappa shape index (κ3) is 2.74. The van der Waals surface area contributed by atoms with Crippen molar-refractivity contribution >= 4 is 6.09 Å². The van der Waals surface area contributed by atoms with E-state index in [0.717, 1.165) is 5.69 Å². The van der Waals surface area contributed by atoms with Crippen molar-refractivity contribution in [3.8, 4) is 0 Å². The molecule has 90 valence electrons. The van der Waals surface area contributed by atoms with Gasteiger partial charge in [0.15, 0.2) is 0 Å². The molecule has 0 saturated carbocycles. The van der Waals surface area contributed by atoms with Gasteiger partial charge >= 0.3 is 6.09 Å². The number of carbonyl (C=O) groups excluding carboxylic acids is 1. The molecule has 1 heterocycles. The SMILES string of the molecule is COC(=O)NC(c1cncn1C)C(C)(C)C. The van der Waals surface area contributed by atoms with Crippen molar-refractivity contribution in [2.24, 2.45) is 12.5 Å². The number of imidazole rings is 1. The minimum Gasteiger partial charge on any atom is -0.453 e. The van der Waals surface area contributed by atoms with Gasteiger partial charge in [-0.25, -0.2) is 9.78 Å². The van der Waals surface area contributed by atoms with E-state index in [0.29, 0.717) is 0 Å². The Hall–Kier alpha value is -1.52. The fourth-order valence-electron chi connectivity index (χ4n) is 1.56. The van der Waals surface area contributed by atoms with Gasteiger partial charge in [0, 0.05) is 7.05 Å². The predicted molar refractivity (Wildman–Crippen MR) is 60.9 cm³/mol. The molecule has 1 atom stereocenters. The van der Waals surface area contributed by atoms with Crippen LogP contribution in [-0.4, -0.2) is 22.8 Å². The van der Waals surface area contributed by atoms with Crippen molar-refractivity contribution in [2.45, 2.75) is 26.8 Å². The quantitative estimate of drug-likeness (QED) is 0.835. The largest absolute Gasteiger partial charge is 0.453 e. The highest BCUT2D eigenvalue weighted by Crippen LogP contribution is 2.32. The Morgan fingerprint density at radius 2 is 2.19 bits per heavy atom. The third-order valence-corrected chi connectivity index (χ3v) is 2.46. The molecule has 0 bridgehead atoms. The first-order valence-corrected chi connectivity index (χ1v) is 5.17. The van der Waals surface area contributed by atoms with Crippen molar-refractivity contribution in [1.29, 1.82) is 0 Å². The second kappa shape index (κ2) is 4.55. The maximum atomic E-state index is 11.3. The summed E-state index contributed by atoms with van der Waals surface area (Å²) in [5.74, 6) is 0. The number of alkyl carbamates (subject to hydrolysis) is 1. The highest BCUT2D eigenvalue weighted by molar-refractivity contribution is 5.67. The Labute approximate surface area is 95.8 Å². The maximum Gasteiger partial charge on any atom is 0.407 e. The van der Waals surface area contributed by atoms with Crippen LogP contribution in [0.4, 0.5) is 4.79 Å². The molecular weight excluding hydrogens is 206 g/mol. The zero-order chi connectivity index (χ0) is 12.3. The molecule has 5 nitrogen and oxygen atoms in total. The van der Waals surface area contributed by atoms with Gasteiger partial charge in [0.1, 0.15) is 0 Å². The van der Waals surface area contributed by atoms with Crippen molar-refractivity contribution in [1.82, 2.24) is 14.9 Å². The highest BCUT2D eigenvalue weighted by Gasteiger charge is 2.30. The van der Waals surface area contributed by atoms with Gasteiger partial charge in [-0.3, -0.25) is 0 Å². The zero-order valence-corrected chi connectivity index (χ0v) is 10.4. The molecule has 1 amide bonds. The first-order chi connectivity index (χ1) is 7.36. The monoisotopic (exact) mass is 225 g/mol. The van der Waals surface area contributed by atoms with Crippen LogP contribution in [0.3, 0.4) is 0 Å². The van der Waals surface area contributed by atoms with E-state index in [1.54, 1.807) is 12.5 Å². The molecule has 0 aliphatic rings. The Morgan fingerprint density at radius 1 is 1.56 bits per heavy atom. The number of methoxy groups -OCH3 is 1. The fraction of sp³-hybridized carbons (Fsp3) is 0.636. The number of carbonyl (C=O) groups is 1. The number of rotatable bonds is 2. The molecule has 0 aromatic carbocycles. The lowest BCUT2D eigenvalue weighted by Gasteiger charge is -2.31. The molecule has 0 fully saturated rings. The van der Waals surface area contributed by atoms with Crippen LogP contribution in [0.2, 0.25) is 0 Å². The number of hydrogen-bond acceptors (Lipinski definition) is 3. The van der Waals surface area contributed by atoms with E-state index >= 15 is 0 Å². The van der Waals surface area contributed by atoms with Crippen LogP contribution >= 0.6 is 0 Å². The molecule has 1 aromatic heterocycles. The number of aryl methyl sites for hydroxylation is 1. The lowest BCUT2D eigenvalue weighted by Crippen LogP contribution is -2.37. The molecule has 1 unspecified atom stereocenters. The molecule has 0 aliphatic heterocycles. The molecular formula is C11H19N3O2. The first kappa shape index (κ1) is 12.5. The van der Waals surface area contributed by atoms with Crippen LogP contribution < -0.4 is 5.32 Å². The van der Waals surface area contributed by atoms with E-state index in [1.165, 1.54) is 7.11 Å². The van der Waals surface area contributed by atoms with Crippen molar-refractivity contribution in [2.75, 3.05) is 7.11 Å². The summed E-state index contributed by atoms with van der Waals surface area (Å²) in [6.45, 7) is 6.17. The zero-order valence-electron chi connectivity index (χ0n) is 10.4. The van der Waals surface area contributed by atoms with Crippen molar-refractivity contribution < 1.29 is 9.53 Å². The van der Waals surface area contributed by atoms with Crippen LogP contribution in [0, 0.1) is 5.41 Å². The Balaban J connectivity index is 2.98. The van der Waals surface area contributed by atoms with E-state index in [-0.39, 0.29) is 11.5 Å². The van der Waals surface area contributed by atoms with Gasteiger partial charge in [-0.05, 0) is 5.41 Å². The Kier molecular flexibility index (Phi) is 3.57. The molecule has 0 radical (unpaired) electrons. The third-order valence-electron chi connectivity index (χ3n) is 2.46. The summed E-state index contributed by atoms with van der Waals surface area (Å²) in [6.07, 6.45) is 3.04. The normalized spacial score (nSPS) is 13.3. The lowest BCUT2D eigenvalue weighted by molar-refractivity contribution is 0.152. The van der Waals surface area contributed by atoms with E-state index < -0.39 is 6.09 Å². The molecule has 16 heavy (non-hydrogen) atoms. The van der Waals surface area contributed by atoms with E-state index in [4.69, 9.17) is 0 Å². The van der Waals surface area contributed by atoms with E-state index in [1.807, 2.05) is 11.6 Å². The minimum absolute atomic E-state index is 0.109. The van der Waals surface area contributed by atoms with Gasteiger partial charge in [-0.1, -0.05) is 20.8 Å². The average molecular weight is 225 g/mol. The molecule has 0 spiro atoms. The molecule has 1 aromatic rings. The standard InChI is InChI=1S/C11H19N3O2/c1-11(2,3)9(13-10(15)16-5)8-6-12-7-14(8)4/h6-7,9H,1-5H3,(H,13,15). The number of nitrogens with one attached hydrogen (secondary N) is 1. The smallest absolute Gasteiger partial charge is 0.407 e. The lowest BCUT2D eigenvalue weighted by atomic mass is 9.85. The maximum absolute atomic E-state index is 11.3. The van der Waals surface area contributed by atoms with Gasteiger partial charge in [0.05, 0.1) is 31.4 Å². The molecule has 1 rings (SSSR count). The predicted octanol–water partition coefficient (Wildman–Crippen LogP) is 1.86. The number of amides is 1.